The second kappa shape index (κ2) is 6.43. The SMILES string of the molecule is Cc1ccc(S(=O)(=O)N(C)C2(c3ccccc3)C=CC(=O)C=C2)cc1. The summed E-state index contributed by atoms with van der Waals surface area (Å²) in [6.07, 6.45) is 6.09. The number of aryl methyl sites for hydroxylation is 1. The predicted molar refractivity (Wildman–Crippen MR) is 97.5 cm³/mol. The second-order valence-electron chi connectivity index (χ2n) is 6.05. The second-order valence-corrected chi connectivity index (χ2v) is 8.02. The van der Waals surface area contributed by atoms with Gasteiger partial charge in [0.05, 0.1) is 10.4 Å². The van der Waals surface area contributed by atoms with Crippen LogP contribution < -0.4 is 0 Å². The molecule has 0 radical (unpaired) electrons. The summed E-state index contributed by atoms with van der Waals surface area (Å²) < 4.78 is 27.7. The molecule has 0 heterocycles. The molecule has 0 aliphatic heterocycles. The van der Waals surface area contributed by atoms with E-state index < -0.39 is 15.6 Å². The summed E-state index contributed by atoms with van der Waals surface area (Å²) in [6.45, 7) is 1.91. The monoisotopic (exact) mass is 353 g/mol. The van der Waals surface area contributed by atoms with E-state index in [-0.39, 0.29) is 10.7 Å². The first-order chi connectivity index (χ1) is 11.9. The Morgan fingerprint density at radius 1 is 0.880 bits per heavy atom. The molecule has 0 fully saturated rings. The van der Waals surface area contributed by atoms with Gasteiger partial charge in [-0.1, -0.05) is 60.2 Å². The summed E-state index contributed by atoms with van der Waals surface area (Å²) in [5.74, 6) is -0.160. The number of sulfonamides is 1. The Labute approximate surface area is 148 Å². The summed E-state index contributed by atoms with van der Waals surface area (Å²) in [5, 5.41) is 0. The van der Waals surface area contributed by atoms with E-state index in [0.717, 1.165) is 11.1 Å². The zero-order valence-corrected chi connectivity index (χ0v) is 14.9. The number of nitrogens with zero attached hydrogens (tertiary/aromatic N) is 1. The Morgan fingerprint density at radius 3 is 2.00 bits per heavy atom. The van der Waals surface area contributed by atoms with Crippen LogP contribution in [0.3, 0.4) is 0 Å². The Bertz CT molecular complexity index is 926. The number of rotatable bonds is 4. The first-order valence-electron chi connectivity index (χ1n) is 7.90. The molecule has 2 aromatic rings. The van der Waals surface area contributed by atoms with E-state index in [4.69, 9.17) is 0 Å². The summed E-state index contributed by atoms with van der Waals surface area (Å²) in [5.41, 5.74) is 0.717. The molecule has 0 amide bonds. The highest BCUT2D eigenvalue weighted by atomic mass is 32.2. The van der Waals surface area contributed by atoms with Crippen LogP contribution in [-0.2, 0) is 20.4 Å². The maximum Gasteiger partial charge on any atom is 0.244 e. The molecule has 3 rings (SSSR count). The van der Waals surface area contributed by atoms with Crippen molar-refractivity contribution < 1.29 is 13.2 Å². The zero-order valence-electron chi connectivity index (χ0n) is 14.1. The Hall–Kier alpha value is -2.50. The summed E-state index contributed by atoms with van der Waals surface area (Å²) in [7, 11) is -2.23. The number of hydrogen-bond acceptors (Lipinski definition) is 3. The lowest BCUT2D eigenvalue weighted by molar-refractivity contribution is -0.110. The predicted octanol–water partition coefficient (Wildman–Crippen LogP) is 3.21. The van der Waals surface area contributed by atoms with E-state index in [2.05, 4.69) is 0 Å². The van der Waals surface area contributed by atoms with Crippen LogP contribution in [-0.4, -0.2) is 25.6 Å². The van der Waals surface area contributed by atoms with Crippen molar-refractivity contribution in [1.82, 2.24) is 4.31 Å². The molecule has 1 aliphatic carbocycles. The van der Waals surface area contributed by atoms with Crippen LogP contribution in [0.5, 0.6) is 0 Å². The largest absolute Gasteiger partial charge is 0.290 e. The van der Waals surface area contributed by atoms with Gasteiger partial charge in [-0.25, -0.2) is 8.42 Å². The minimum Gasteiger partial charge on any atom is -0.290 e. The van der Waals surface area contributed by atoms with Crippen molar-refractivity contribution in [2.24, 2.45) is 0 Å². The smallest absolute Gasteiger partial charge is 0.244 e. The molecule has 0 unspecified atom stereocenters. The normalized spacial score (nSPS) is 16.4. The van der Waals surface area contributed by atoms with Gasteiger partial charge in [-0.15, -0.1) is 0 Å². The lowest BCUT2D eigenvalue weighted by Gasteiger charge is -2.38. The standard InChI is InChI=1S/C20H19NO3S/c1-16-8-10-19(11-9-16)25(23,24)21(2)20(14-12-18(22)13-15-20)17-6-4-3-5-7-17/h3-15H,1-2H3. The fraction of sp³-hybridized carbons (Fsp3) is 0.150. The molecule has 0 N–H and O–H groups in total. The van der Waals surface area contributed by atoms with Crippen molar-refractivity contribution in [3.63, 3.8) is 0 Å². The van der Waals surface area contributed by atoms with Gasteiger partial charge in [0.2, 0.25) is 10.0 Å². The average molecular weight is 353 g/mol. The Kier molecular flexibility index (Phi) is 4.45. The highest BCUT2D eigenvalue weighted by Crippen LogP contribution is 2.36. The molecule has 0 saturated carbocycles. The summed E-state index contributed by atoms with van der Waals surface area (Å²) in [4.78, 5) is 11.8. The molecule has 128 valence electrons. The molecule has 5 heteroatoms. The fourth-order valence-corrected chi connectivity index (χ4v) is 4.31. The van der Waals surface area contributed by atoms with Gasteiger partial charge in [0, 0.05) is 7.05 Å². The fourth-order valence-electron chi connectivity index (χ4n) is 2.89. The number of carbonyl (C=O) groups is 1. The lowest BCUT2D eigenvalue weighted by atomic mass is 9.86. The van der Waals surface area contributed by atoms with Gasteiger partial charge in [0.15, 0.2) is 5.78 Å². The maximum absolute atomic E-state index is 13.2. The molecule has 0 atom stereocenters. The van der Waals surface area contributed by atoms with Crippen LogP contribution in [0.1, 0.15) is 11.1 Å². The molecule has 0 spiro atoms. The minimum atomic E-state index is -3.76. The first-order valence-corrected chi connectivity index (χ1v) is 9.34. The van der Waals surface area contributed by atoms with Crippen molar-refractivity contribution in [3.8, 4) is 0 Å². The van der Waals surface area contributed by atoms with E-state index in [1.807, 2.05) is 37.3 Å². The van der Waals surface area contributed by atoms with Gasteiger partial charge in [-0.3, -0.25) is 4.79 Å². The molecule has 0 bridgehead atoms. The van der Waals surface area contributed by atoms with Crippen molar-refractivity contribution in [3.05, 3.63) is 90.0 Å². The van der Waals surface area contributed by atoms with Crippen LogP contribution in [0.15, 0.2) is 83.8 Å². The molecule has 2 aromatic carbocycles. The molecule has 4 nitrogen and oxygen atoms in total. The molecule has 0 saturated heterocycles. The number of carbonyl (C=O) groups excluding carboxylic acids is 1. The van der Waals surface area contributed by atoms with E-state index in [1.54, 1.807) is 36.4 Å². The van der Waals surface area contributed by atoms with E-state index in [0.29, 0.717) is 0 Å². The van der Waals surface area contributed by atoms with E-state index in [9.17, 15) is 13.2 Å². The number of ketones is 1. The van der Waals surface area contributed by atoms with E-state index in [1.165, 1.54) is 23.5 Å². The van der Waals surface area contributed by atoms with Crippen LogP contribution >= 0.6 is 0 Å². The quantitative estimate of drug-likeness (QED) is 0.848. The third kappa shape index (κ3) is 3.08. The van der Waals surface area contributed by atoms with Crippen LogP contribution in [0, 0.1) is 6.92 Å². The third-order valence-corrected chi connectivity index (χ3v) is 6.33. The van der Waals surface area contributed by atoms with Crippen LogP contribution in [0.2, 0.25) is 0 Å². The van der Waals surface area contributed by atoms with Gasteiger partial charge in [0.25, 0.3) is 0 Å². The van der Waals surface area contributed by atoms with Gasteiger partial charge < -0.3 is 0 Å². The summed E-state index contributed by atoms with van der Waals surface area (Å²) >= 11 is 0. The summed E-state index contributed by atoms with van der Waals surface area (Å²) in [6, 6.07) is 16.0. The average Bonchev–Trinajstić information content (AvgIpc) is 2.63. The van der Waals surface area contributed by atoms with Gasteiger partial charge in [0.1, 0.15) is 0 Å². The van der Waals surface area contributed by atoms with E-state index >= 15 is 0 Å². The van der Waals surface area contributed by atoms with Crippen LogP contribution in [0.4, 0.5) is 0 Å². The van der Waals surface area contributed by atoms with Gasteiger partial charge in [-0.2, -0.15) is 4.31 Å². The maximum atomic E-state index is 13.2. The number of allylic oxidation sites excluding steroid dienone is 2. The highest BCUT2D eigenvalue weighted by molar-refractivity contribution is 7.89. The Morgan fingerprint density at radius 2 is 1.44 bits per heavy atom. The first kappa shape index (κ1) is 17.3. The van der Waals surface area contributed by atoms with Gasteiger partial charge >= 0.3 is 0 Å². The molecular weight excluding hydrogens is 334 g/mol. The zero-order chi connectivity index (χ0) is 18.1. The molecule has 25 heavy (non-hydrogen) atoms. The van der Waals surface area contributed by atoms with Crippen molar-refractivity contribution in [2.75, 3.05) is 7.05 Å². The molecule has 1 aliphatic rings. The van der Waals surface area contributed by atoms with Crippen molar-refractivity contribution >= 4 is 15.8 Å². The highest BCUT2D eigenvalue weighted by Gasteiger charge is 2.40. The number of benzene rings is 2. The minimum absolute atomic E-state index is 0.160. The van der Waals surface area contributed by atoms with Gasteiger partial charge in [-0.05, 0) is 36.8 Å². The molecule has 0 aromatic heterocycles. The third-order valence-electron chi connectivity index (χ3n) is 4.44. The van der Waals surface area contributed by atoms with Crippen molar-refractivity contribution in [1.29, 1.82) is 0 Å². The number of hydrogen-bond donors (Lipinski definition) is 0. The lowest BCUT2D eigenvalue weighted by Crippen LogP contribution is -2.45. The van der Waals surface area contributed by atoms with Crippen LogP contribution in [0.25, 0.3) is 0 Å². The van der Waals surface area contributed by atoms with Crippen molar-refractivity contribution in [2.45, 2.75) is 17.4 Å². The Balaban J connectivity index is 2.14. The topological polar surface area (TPSA) is 54.5 Å². The number of likely N-dealkylation sites (N-methyl/N-ethyl adjacent to an activating group) is 1. The molecular formula is C20H19NO3S.